The first-order valence-corrected chi connectivity index (χ1v) is 9.48. The van der Waals surface area contributed by atoms with Gasteiger partial charge in [0, 0.05) is 0 Å². The van der Waals surface area contributed by atoms with Crippen LogP contribution in [0.15, 0.2) is 16.5 Å². The molecule has 13 heteroatoms. The summed E-state index contributed by atoms with van der Waals surface area (Å²) in [5.41, 5.74) is 5.95. The van der Waals surface area contributed by atoms with E-state index in [0.29, 0.717) is 11.5 Å². The van der Waals surface area contributed by atoms with Crippen molar-refractivity contribution in [3.63, 3.8) is 0 Å². The van der Waals surface area contributed by atoms with Crippen LogP contribution in [0.1, 0.15) is 0 Å². The normalized spacial score (nSPS) is 44.6. The van der Waals surface area contributed by atoms with Crippen LogP contribution < -0.4 is 16.4 Å². The van der Waals surface area contributed by atoms with E-state index in [-0.39, 0.29) is 6.61 Å². The van der Waals surface area contributed by atoms with Gasteiger partial charge in [-0.3, -0.25) is 0 Å². The van der Waals surface area contributed by atoms with Gasteiger partial charge in [-0.15, -0.1) is 0 Å². The number of nitrogens with two attached hydrogens (primary N) is 1. The number of hydrogen-bond donors (Lipinski definition) is 5. The van der Waals surface area contributed by atoms with Crippen molar-refractivity contribution in [3.8, 4) is 0 Å². The molecule has 4 heterocycles. The van der Waals surface area contributed by atoms with Crippen molar-refractivity contribution in [1.82, 2.24) is 15.5 Å². The van der Waals surface area contributed by atoms with E-state index in [2.05, 4.69) is 15.6 Å². The van der Waals surface area contributed by atoms with Crippen LogP contribution in [0.5, 0.6) is 0 Å². The molecule has 0 amide bonds. The van der Waals surface area contributed by atoms with Gasteiger partial charge < -0.3 is 0 Å². The molecule has 0 aliphatic carbocycles. The zero-order chi connectivity index (χ0) is 17.1. The molecule has 6 atom stereocenters. The van der Waals surface area contributed by atoms with E-state index in [9.17, 15) is 9.79 Å². The quantitative estimate of drug-likeness (QED) is 0.207. The fourth-order valence-corrected chi connectivity index (χ4v) is 4.66. The van der Waals surface area contributed by atoms with Gasteiger partial charge in [-0.25, -0.2) is 0 Å². The molecule has 2 fully saturated rings. The van der Waals surface area contributed by atoms with Crippen LogP contribution in [0.4, 0.5) is 0 Å². The van der Waals surface area contributed by atoms with Crippen LogP contribution >= 0.6 is 19.8 Å². The third kappa shape index (κ3) is 2.57. The number of methoxy groups -OCH3 is 1. The predicted octanol–water partition coefficient (Wildman–Crippen LogP) is -1.95. The molecule has 0 spiro atoms. The summed E-state index contributed by atoms with van der Waals surface area (Å²) in [6.45, 7) is -0.00921. The summed E-state index contributed by atoms with van der Waals surface area (Å²) < 4.78 is 21.7. The number of aliphatic imine (C=N–C) groups is 1. The Labute approximate surface area is 143 Å². The Kier molecular flexibility index (Phi) is 4.11. The summed E-state index contributed by atoms with van der Waals surface area (Å²) in [5, 5.41) is 5.92. The monoisotopic (exact) mass is 383 g/mol. The van der Waals surface area contributed by atoms with Crippen LogP contribution in [0.25, 0.3) is 0 Å². The van der Waals surface area contributed by atoms with Gasteiger partial charge in [-0.1, -0.05) is 0 Å². The molecule has 0 radical (unpaired) electrons. The Hall–Kier alpha value is -0.750. The summed E-state index contributed by atoms with van der Waals surface area (Å²) in [5.74, 6) is 0.532. The number of nitrogens with one attached hydrogen (secondary N) is 2. The average molecular weight is 384 g/mol. The number of halogens is 1. The first-order valence-electron chi connectivity index (χ1n) is 7.33. The van der Waals surface area contributed by atoms with Crippen LogP contribution in [0.3, 0.4) is 0 Å². The van der Waals surface area contributed by atoms with Gasteiger partial charge in [0.2, 0.25) is 0 Å². The standard InChI is InChI=1S/C11H19ClN5O6P/c1-20-7-6-4(2-21-24(18,19)23-6)22-10(7)17-9-5(16-11(17)12)8(13)14-3-15-9/h3-4,6-8,10-11,16,18-19,24H,2,13H2,1H3,(H,14,15)/t4?,6-,7?,8?,10?,11?/m1/s1. The molecule has 0 bridgehead atoms. The minimum atomic E-state index is -4.16. The van der Waals surface area contributed by atoms with E-state index < -0.39 is 44.5 Å². The first-order chi connectivity index (χ1) is 11.4. The third-order valence-corrected chi connectivity index (χ3v) is 5.75. The molecular formula is C11H19ClN5O6P. The zero-order valence-electron chi connectivity index (χ0n) is 12.6. The number of hydrogen-bond acceptors (Lipinski definition) is 11. The zero-order valence-corrected chi connectivity index (χ0v) is 14.4. The van der Waals surface area contributed by atoms with E-state index in [4.69, 9.17) is 35.9 Å². The Balaban J connectivity index is 1.63. The van der Waals surface area contributed by atoms with Crippen molar-refractivity contribution >= 4 is 26.1 Å². The Morgan fingerprint density at radius 2 is 2.33 bits per heavy atom. The summed E-state index contributed by atoms with van der Waals surface area (Å²) in [4.78, 5) is 25.3. The number of fused-ring (bicyclic) bond motifs is 1. The van der Waals surface area contributed by atoms with Crippen molar-refractivity contribution in [3.05, 3.63) is 11.5 Å². The molecule has 0 aromatic heterocycles. The van der Waals surface area contributed by atoms with Crippen molar-refractivity contribution in [1.29, 1.82) is 0 Å². The van der Waals surface area contributed by atoms with Gasteiger partial charge in [0.1, 0.15) is 0 Å². The van der Waals surface area contributed by atoms with Gasteiger partial charge in [0.15, 0.2) is 0 Å². The fourth-order valence-electron chi connectivity index (χ4n) is 3.25. The molecule has 11 nitrogen and oxygen atoms in total. The predicted molar refractivity (Wildman–Crippen MR) is 84.3 cm³/mol. The molecule has 6 N–H and O–H groups in total. The second-order valence-electron chi connectivity index (χ2n) is 5.73. The molecule has 136 valence electrons. The van der Waals surface area contributed by atoms with E-state index in [1.807, 2.05) is 0 Å². The maximum atomic E-state index is 9.69. The van der Waals surface area contributed by atoms with Gasteiger partial charge in [-0.05, 0) is 0 Å². The van der Waals surface area contributed by atoms with E-state index in [0.717, 1.165) is 0 Å². The molecular weight excluding hydrogens is 365 g/mol. The molecule has 4 aliphatic rings. The van der Waals surface area contributed by atoms with Gasteiger partial charge in [0.25, 0.3) is 0 Å². The number of rotatable bonds is 2. The van der Waals surface area contributed by atoms with Crippen molar-refractivity contribution in [2.45, 2.75) is 36.3 Å². The topological polar surface area (TPSA) is 143 Å². The van der Waals surface area contributed by atoms with E-state index in [1.165, 1.54) is 13.4 Å². The van der Waals surface area contributed by atoms with E-state index >= 15 is 0 Å². The fraction of sp³-hybridized carbons (Fsp3) is 0.727. The molecule has 2 saturated heterocycles. The van der Waals surface area contributed by atoms with Crippen molar-refractivity contribution in [2.24, 2.45) is 10.7 Å². The summed E-state index contributed by atoms with van der Waals surface area (Å²) >= 11 is 6.39. The molecule has 0 aromatic carbocycles. The number of nitrogens with zero attached hydrogens (tertiary/aromatic N) is 2. The van der Waals surface area contributed by atoms with Crippen molar-refractivity contribution in [2.75, 3.05) is 13.7 Å². The summed E-state index contributed by atoms with van der Waals surface area (Å²) in [7, 11) is -2.68. The van der Waals surface area contributed by atoms with Gasteiger partial charge in [0.05, 0.1) is 0 Å². The van der Waals surface area contributed by atoms with E-state index in [1.54, 1.807) is 4.90 Å². The van der Waals surface area contributed by atoms with Crippen LogP contribution in [-0.2, 0) is 18.5 Å². The second kappa shape index (κ2) is 5.90. The Morgan fingerprint density at radius 3 is 3.08 bits per heavy atom. The molecule has 4 rings (SSSR count). The van der Waals surface area contributed by atoms with Gasteiger partial charge >= 0.3 is 142 Å². The second-order valence-corrected chi connectivity index (χ2v) is 7.77. The molecule has 0 saturated carbocycles. The van der Waals surface area contributed by atoms with Crippen molar-refractivity contribution < 1.29 is 28.3 Å². The molecule has 0 aromatic rings. The summed E-state index contributed by atoms with van der Waals surface area (Å²) in [6.07, 6.45) is -1.49. The summed E-state index contributed by atoms with van der Waals surface area (Å²) in [6, 6.07) is 0. The third-order valence-electron chi connectivity index (χ3n) is 4.31. The SMILES string of the molecule is COC1C(N2C3=C(NC2Cl)C(N)NC=N3)OC2CO[PH](O)(O)O[C@H]21. The minimum absolute atomic E-state index is 0.00921. The van der Waals surface area contributed by atoms with Crippen LogP contribution in [0.2, 0.25) is 0 Å². The van der Waals surface area contributed by atoms with Crippen LogP contribution in [-0.4, -0.2) is 71.1 Å². The van der Waals surface area contributed by atoms with Gasteiger partial charge in [-0.2, -0.15) is 0 Å². The number of ether oxygens (including phenoxy) is 2. The maximum absolute atomic E-state index is 9.69. The number of alkyl halides is 1. The first kappa shape index (κ1) is 16.7. The molecule has 4 aliphatic heterocycles. The Bertz CT molecular complexity index is 593. The molecule has 5 unspecified atom stereocenters. The van der Waals surface area contributed by atoms with Crippen LogP contribution in [0, 0.1) is 0 Å². The average Bonchev–Trinajstić information content (AvgIpc) is 3.03. The molecule has 24 heavy (non-hydrogen) atoms. The Morgan fingerprint density at radius 1 is 1.54 bits per heavy atom.